The summed E-state index contributed by atoms with van der Waals surface area (Å²) in [5.74, 6) is -1.37. The Labute approximate surface area is 184 Å². The van der Waals surface area contributed by atoms with E-state index in [1.165, 1.54) is 47.1 Å². The number of non-ortho nitro benzene ring substituents is 1. The lowest BCUT2D eigenvalue weighted by molar-refractivity contribution is -0.384. The number of benzene rings is 1. The summed E-state index contributed by atoms with van der Waals surface area (Å²) in [5, 5.41) is 15.2. The number of ether oxygens (including phenoxy) is 1. The Hall–Kier alpha value is -3.76. The van der Waals surface area contributed by atoms with Crippen molar-refractivity contribution in [2.45, 2.75) is 19.8 Å². The van der Waals surface area contributed by atoms with Crippen molar-refractivity contribution < 1.29 is 24.0 Å². The highest BCUT2D eigenvalue weighted by molar-refractivity contribution is 5.94. The maximum absolute atomic E-state index is 12.7. The second-order valence-electron chi connectivity index (χ2n) is 7.51. The number of nitro groups is 1. The largest absolute Gasteiger partial charge is 0.466 e. The van der Waals surface area contributed by atoms with Crippen LogP contribution in [0.15, 0.2) is 36.5 Å². The van der Waals surface area contributed by atoms with Crippen molar-refractivity contribution in [3.63, 3.8) is 0 Å². The number of aromatic nitrogens is 2. The first-order valence-electron chi connectivity index (χ1n) is 10.3. The number of nitrogens with zero attached hydrogens (tertiary/aromatic N) is 5. The fraction of sp³-hybridized carbons (Fsp3) is 0.429. The number of carbonyl (C=O) groups excluding carboxylic acids is 3. The number of likely N-dealkylation sites (N-methyl/N-ethyl adjacent to an activating group) is 1. The summed E-state index contributed by atoms with van der Waals surface area (Å²) in [6.07, 6.45) is 2.89. The highest BCUT2D eigenvalue weighted by Gasteiger charge is 2.30. The van der Waals surface area contributed by atoms with E-state index in [1.807, 2.05) is 0 Å². The number of hydrogen-bond donors (Lipinski definition) is 0. The molecule has 1 fully saturated rings. The van der Waals surface area contributed by atoms with Gasteiger partial charge in [-0.3, -0.25) is 24.5 Å². The van der Waals surface area contributed by atoms with Gasteiger partial charge in [0.2, 0.25) is 5.91 Å². The van der Waals surface area contributed by atoms with E-state index in [4.69, 9.17) is 4.74 Å². The molecule has 1 aromatic carbocycles. The third-order valence-electron chi connectivity index (χ3n) is 5.23. The van der Waals surface area contributed by atoms with Gasteiger partial charge in [-0.1, -0.05) is 6.07 Å². The molecular formula is C21H25N5O6. The van der Waals surface area contributed by atoms with Gasteiger partial charge in [0.1, 0.15) is 0 Å². The smallest absolute Gasteiger partial charge is 0.310 e. The highest BCUT2D eigenvalue weighted by Crippen LogP contribution is 2.19. The molecule has 170 valence electrons. The molecule has 1 aromatic heterocycles. The third-order valence-corrected chi connectivity index (χ3v) is 5.23. The zero-order valence-corrected chi connectivity index (χ0v) is 18.0. The van der Waals surface area contributed by atoms with E-state index in [9.17, 15) is 24.5 Å². The van der Waals surface area contributed by atoms with Gasteiger partial charge in [-0.25, -0.2) is 4.68 Å². The molecule has 0 N–H and O–H groups in total. The average Bonchev–Trinajstić information content (AvgIpc) is 3.29. The van der Waals surface area contributed by atoms with Crippen LogP contribution in [0.5, 0.6) is 0 Å². The van der Waals surface area contributed by atoms with Crippen molar-refractivity contribution in [1.29, 1.82) is 0 Å². The summed E-state index contributed by atoms with van der Waals surface area (Å²) in [6.45, 7) is 2.69. The first-order chi connectivity index (χ1) is 15.3. The highest BCUT2D eigenvalue weighted by atomic mass is 16.6. The number of esters is 1. The molecular weight excluding hydrogens is 418 g/mol. The lowest BCUT2D eigenvalue weighted by Gasteiger charge is -2.32. The van der Waals surface area contributed by atoms with Crippen molar-refractivity contribution in [2.75, 3.05) is 33.3 Å². The van der Waals surface area contributed by atoms with Crippen LogP contribution in [-0.4, -0.2) is 75.6 Å². The van der Waals surface area contributed by atoms with E-state index < -0.39 is 10.8 Å². The quantitative estimate of drug-likeness (QED) is 0.362. The Kier molecular flexibility index (Phi) is 7.18. The van der Waals surface area contributed by atoms with Gasteiger partial charge >= 0.3 is 5.97 Å². The minimum Gasteiger partial charge on any atom is -0.466 e. The minimum atomic E-state index is -0.508. The molecule has 0 spiro atoms. The van der Waals surface area contributed by atoms with Crippen LogP contribution in [0, 0.1) is 16.0 Å². The molecule has 1 aliphatic rings. The molecule has 11 nitrogen and oxygen atoms in total. The maximum Gasteiger partial charge on any atom is 0.310 e. The van der Waals surface area contributed by atoms with Crippen molar-refractivity contribution in [1.82, 2.24) is 19.6 Å². The van der Waals surface area contributed by atoms with Gasteiger partial charge in [0, 0.05) is 38.5 Å². The van der Waals surface area contributed by atoms with E-state index in [2.05, 4.69) is 5.10 Å². The Morgan fingerprint density at radius 2 is 2.09 bits per heavy atom. The Balaban J connectivity index is 1.62. The van der Waals surface area contributed by atoms with Gasteiger partial charge in [-0.05, 0) is 31.9 Å². The standard InChI is InChI=1S/C21H25N5O6/c1-3-32-21(29)15-6-5-10-24(13-15)19(27)14-23(2)20(28)18-9-11-25(22-18)16-7-4-8-17(12-16)26(30)31/h4,7-9,11-12,15H,3,5-6,10,13-14H2,1-2H3. The lowest BCUT2D eigenvalue weighted by Crippen LogP contribution is -2.47. The van der Waals surface area contributed by atoms with Gasteiger partial charge in [-0.15, -0.1) is 0 Å². The fourth-order valence-corrected chi connectivity index (χ4v) is 3.56. The van der Waals surface area contributed by atoms with Crippen LogP contribution in [0.4, 0.5) is 5.69 Å². The summed E-state index contributed by atoms with van der Waals surface area (Å²) < 4.78 is 6.42. The van der Waals surface area contributed by atoms with Crippen molar-refractivity contribution in [3.05, 3.63) is 52.3 Å². The predicted octanol–water partition coefficient (Wildman–Crippen LogP) is 1.65. The Morgan fingerprint density at radius 3 is 2.81 bits per heavy atom. The summed E-state index contributed by atoms with van der Waals surface area (Å²) in [7, 11) is 1.50. The number of carbonyl (C=O) groups is 3. The molecule has 2 amide bonds. The number of amides is 2. The number of hydrogen-bond acceptors (Lipinski definition) is 7. The third kappa shape index (κ3) is 5.29. The second kappa shape index (κ2) is 10.0. The van der Waals surface area contributed by atoms with Crippen molar-refractivity contribution >= 4 is 23.5 Å². The van der Waals surface area contributed by atoms with Gasteiger partial charge in [0.05, 0.1) is 29.7 Å². The maximum atomic E-state index is 12.7. The van der Waals surface area contributed by atoms with E-state index in [0.29, 0.717) is 31.7 Å². The van der Waals surface area contributed by atoms with Crippen LogP contribution in [0.3, 0.4) is 0 Å². The molecule has 1 aliphatic heterocycles. The van der Waals surface area contributed by atoms with Crippen LogP contribution in [-0.2, 0) is 14.3 Å². The Bertz CT molecular complexity index is 1020. The molecule has 0 radical (unpaired) electrons. The van der Waals surface area contributed by atoms with Crippen LogP contribution in [0.2, 0.25) is 0 Å². The van der Waals surface area contributed by atoms with Crippen LogP contribution in [0.25, 0.3) is 5.69 Å². The molecule has 1 atom stereocenters. The van der Waals surface area contributed by atoms with Crippen molar-refractivity contribution in [3.8, 4) is 5.69 Å². The molecule has 2 heterocycles. The molecule has 2 aromatic rings. The molecule has 0 saturated carbocycles. The van der Waals surface area contributed by atoms with Crippen molar-refractivity contribution in [2.24, 2.45) is 5.92 Å². The molecule has 11 heteroatoms. The monoisotopic (exact) mass is 443 g/mol. The first-order valence-corrected chi connectivity index (χ1v) is 10.3. The summed E-state index contributed by atoms with van der Waals surface area (Å²) in [6, 6.07) is 7.37. The van der Waals surface area contributed by atoms with Gasteiger partial charge < -0.3 is 14.5 Å². The van der Waals surface area contributed by atoms with Gasteiger partial charge in [0.25, 0.3) is 11.6 Å². The second-order valence-corrected chi connectivity index (χ2v) is 7.51. The Morgan fingerprint density at radius 1 is 1.31 bits per heavy atom. The summed E-state index contributed by atoms with van der Waals surface area (Å²) in [4.78, 5) is 50.7. The molecule has 1 unspecified atom stereocenters. The minimum absolute atomic E-state index is 0.0868. The van der Waals surface area contributed by atoms with E-state index in [-0.39, 0.29) is 42.3 Å². The first kappa shape index (κ1) is 22.9. The molecule has 3 rings (SSSR count). The zero-order chi connectivity index (χ0) is 23.3. The summed E-state index contributed by atoms with van der Waals surface area (Å²) >= 11 is 0. The average molecular weight is 443 g/mol. The van der Waals surface area contributed by atoms with Gasteiger partial charge in [0.15, 0.2) is 5.69 Å². The van der Waals surface area contributed by atoms with E-state index in [0.717, 1.165) is 0 Å². The summed E-state index contributed by atoms with van der Waals surface area (Å²) in [5.41, 5.74) is 0.460. The lowest BCUT2D eigenvalue weighted by atomic mass is 9.98. The number of nitro benzene ring substituents is 1. The molecule has 0 aliphatic carbocycles. The number of rotatable bonds is 7. The molecule has 32 heavy (non-hydrogen) atoms. The number of likely N-dealkylation sites (tertiary alicyclic amines) is 1. The van der Waals surface area contributed by atoms with E-state index >= 15 is 0 Å². The van der Waals surface area contributed by atoms with Crippen LogP contribution in [0.1, 0.15) is 30.3 Å². The normalized spacial score (nSPS) is 15.8. The topological polar surface area (TPSA) is 128 Å². The zero-order valence-electron chi connectivity index (χ0n) is 18.0. The number of piperidine rings is 1. The van der Waals surface area contributed by atoms with Gasteiger partial charge in [-0.2, -0.15) is 5.10 Å². The van der Waals surface area contributed by atoms with E-state index in [1.54, 1.807) is 17.9 Å². The molecule has 1 saturated heterocycles. The molecule has 0 bridgehead atoms. The van der Waals surface area contributed by atoms with Crippen LogP contribution >= 0.6 is 0 Å². The SMILES string of the molecule is CCOC(=O)C1CCCN(C(=O)CN(C)C(=O)c2ccn(-c3cccc([N+](=O)[O-])c3)n2)C1. The van der Waals surface area contributed by atoms with Crippen LogP contribution < -0.4 is 0 Å². The predicted molar refractivity (Wildman–Crippen MR) is 113 cm³/mol. The fourth-order valence-electron chi connectivity index (χ4n) is 3.56.